The van der Waals surface area contributed by atoms with Crippen LogP contribution in [0.2, 0.25) is 0 Å². The van der Waals surface area contributed by atoms with Crippen molar-refractivity contribution in [3.05, 3.63) is 11.6 Å². The summed E-state index contributed by atoms with van der Waals surface area (Å²) >= 11 is 0. The highest BCUT2D eigenvalue weighted by Crippen LogP contribution is 2.20. The average molecular weight is 335 g/mol. The summed E-state index contributed by atoms with van der Waals surface area (Å²) in [6.45, 7) is 12.9. The Labute approximate surface area is 146 Å². The van der Waals surface area contributed by atoms with Crippen molar-refractivity contribution >= 4 is 5.96 Å². The molecule has 136 valence electrons. The Balaban J connectivity index is 1.82. The van der Waals surface area contributed by atoms with Crippen LogP contribution in [0.5, 0.6) is 0 Å². The van der Waals surface area contributed by atoms with Crippen LogP contribution in [0.3, 0.4) is 0 Å². The molecule has 0 fully saturated rings. The standard InChI is InChI=1S/C18H34N6/c1-13(2)16-22-15-9-8-14(12-24(15)23-16)21-17(19-6)20-11-7-10-18(3,4)5/h13-14H,7-12H2,1-6H3,(H2,19,20,21). The molecule has 1 aromatic heterocycles. The van der Waals surface area contributed by atoms with Crippen molar-refractivity contribution in [3.63, 3.8) is 0 Å². The minimum atomic E-state index is 0.355. The average Bonchev–Trinajstić information content (AvgIpc) is 2.92. The van der Waals surface area contributed by atoms with Crippen LogP contribution in [0.1, 0.15) is 71.4 Å². The molecule has 0 aromatic carbocycles. The lowest BCUT2D eigenvalue weighted by Crippen LogP contribution is -2.47. The van der Waals surface area contributed by atoms with E-state index in [1.165, 1.54) is 6.42 Å². The van der Waals surface area contributed by atoms with Gasteiger partial charge in [0, 0.05) is 32.0 Å². The summed E-state index contributed by atoms with van der Waals surface area (Å²) in [5.74, 6) is 3.34. The van der Waals surface area contributed by atoms with Gasteiger partial charge in [0.05, 0.1) is 6.54 Å². The van der Waals surface area contributed by atoms with Gasteiger partial charge in [-0.1, -0.05) is 34.6 Å². The second-order valence-electron chi connectivity index (χ2n) is 8.27. The zero-order valence-corrected chi connectivity index (χ0v) is 16.2. The lowest BCUT2D eigenvalue weighted by Gasteiger charge is -2.25. The van der Waals surface area contributed by atoms with Crippen molar-refractivity contribution in [2.24, 2.45) is 10.4 Å². The van der Waals surface area contributed by atoms with Gasteiger partial charge < -0.3 is 10.6 Å². The first-order chi connectivity index (χ1) is 11.3. The van der Waals surface area contributed by atoms with Gasteiger partial charge in [-0.25, -0.2) is 9.67 Å². The topological polar surface area (TPSA) is 67.1 Å². The number of guanidine groups is 1. The molecule has 1 aliphatic heterocycles. The number of aliphatic imine (C=N–C) groups is 1. The van der Waals surface area contributed by atoms with Crippen LogP contribution in [0.4, 0.5) is 0 Å². The van der Waals surface area contributed by atoms with Gasteiger partial charge in [0.15, 0.2) is 11.8 Å². The molecular weight excluding hydrogens is 300 g/mol. The maximum Gasteiger partial charge on any atom is 0.191 e. The van der Waals surface area contributed by atoms with E-state index in [4.69, 9.17) is 0 Å². The van der Waals surface area contributed by atoms with E-state index in [-0.39, 0.29) is 0 Å². The number of hydrogen-bond acceptors (Lipinski definition) is 3. The van der Waals surface area contributed by atoms with Crippen molar-refractivity contribution in [1.82, 2.24) is 25.4 Å². The van der Waals surface area contributed by atoms with Gasteiger partial charge in [0.2, 0.25) is 0 Å². The fourth-order valence-electron chi connectivity index (χ4n) is 2.90. The molecule has 1 unspecified atom stereocenters. The van der Waals surface area contributed by atoms with E-state index in [9.17, 15) is 0 Å². The number of fused-ring (bicyclic) bond motifs is 1. The summed E-state index contributed by atoms with van der Waals surface area (Å²) in [6.07, 6.45) is 4.40. The van der Waals surface area contributed by atoms with Gasteiger partial charge in [0.25, 0.3) is 0 Å². The molecule has 2 rings (SSSR count). The molecular formula is C18H34N6. The minimum absolute atomic E-state index is 0.355. The lowest BCUT2D eigenvalue weighted by atomic mass is 9.91. The molecule has 0 saturated carbocycles. The van der Waals surface area contributed by atoms with E-state index in [0.29, 0.717) is 17.4 Å². The van der Waals surface area contributed by atoms with Crippen molar-refractivity contribution < 1.29 is 0 Å². The zero-order valence-electron chi connectivity index (χ0n) is 16.2. The smallest absolute Gasteiger partial charge is 0.191 e. The number of nitrogens with one attached hydrogen (secondary N) is 2. The molecule has 6 nitrogen and oxygen atoms in total. The minimum Gasteiger partial charge on any atom is -0.356 e. The summed E-state index contributed by atoms with van der Waals surface area (Å²) in [5.41, 5.74) is 0.389. The second-order valence-corrected chi connectivity index (χ2v) is 8.27. The second kappa shape index (κ2) is 7.99. The first-order valence-electron chi connectivity index (χ1n) is 9.19. The summed E-state index contributed by atoms with van der Waals surface area (Å²) in [7, 11) is 1.83. The molecule has 0 radical (unpaired) electrons. The third kappa shape index (κ3) is 5.49. The Morgan fingerprint density at radius 1 is 1.38 bits per heavy atom. The maximum atomic E-state index is 4.65. The first-order valence-corrected chi connectivity index (χ1v) is 9.19. The number of aromatic nitrogens is 3. The van der Waals surface area contributed by atoms with Crippen LogP contribution in [0, 0.1) is 5.41 Å². The van der Waals surface area contributed by atoms with Crippen LogP contribution in [-0.4, -0.2) is 40.4 Å². The zero-order chi connectivity index (χ0) is 17.7. The summed E-state index contributed by atoms with van der Waals surface area (Å²) < 4.78 is 2.06. The Morgan fingerprint density at radius 2 is 2.12 bits per heavy atom. The van der Waals surface area contributed by atoms with Gasteiger partial charge in [0.1, 0.15) is 5.82 Å². The highest BCUT2D eigenvalue weighted by Gasteiger charge is 2.23. The van der Waals surface area contributed by atoms with E-state index in [0.717, 1.165) is 50.0 Å². The predicted molar refractivity (Wildman–Crippen MR) is 99.4 cm³/mol. The molecule has 1 aliphatic rings. The fraction of sp³-hybridized carbons (Fsp3) is 0.833. The SMILES string of the molecule is CN=C(NCCCC(C)(C)C)NC1CCc2nc(C(C)C)nn2C1. The predicted octanol–water partition coefficient (Wildman–Crippen LogP) is 2.71. The van der Waals surface area contributed by atoms with Crippen molar-refractivity contribution in [2.45, 2.75) is 78.8 Å². The highest BCUT2D eigenvalue weighted by atomic mass is 15.4. The number of aryl methyl sites for hydroxylation is 1. The molecule has 24 heavy (non-hydrogen) atoms. The summed E-state index contributed by atoms with van der Waals surface area (Å²) in [4.78, 5) is 9.00. The highest BCUT2D eigenvalue weighted by molar-refractivity contribution is 5.79. The van der Waals surface area contributed by atoms with Gasteiger partial charge in [-0.2, -0.15) is 5.10 Å². The number of rotatable bonds is 5. The van der Waals surface area contributed by atoms with Gasteiger partial charge >= 0.3 is 0 Å². The molecule has 1 aromatic rings. The van der Waals surface area contributed by atoms with E-state index in [1.54, 1.807) is 0 Å². The molecule has 0 spiro atoms. The third-order valence-corrected chi connectivity index (χ3v) is 4.35. The molecule has 0 bridgehead atoms. The van der Waals surface area contributed by atoms with Gasteiger partial charge in [-0.15, -0.1) is 0 Å². The Hall–Kier alpha value is -1.59. The molecule has 6 heteroatoms. The van der Waals surface area contributed by atoms with Crippen LogP contribution < -0.4 is 10.6 Å². The van der Waals surface area contributed by atoms with E-state index in [1.807, 2.05) is 7.05 Å². The summed E-state index contributed by atoms with van der Waals surface area (Å²) in [6, 6.07) is 0.355. The monoisotopic (exact) mass is 334 g/mol. The van der Waals surface area contributed by atoms with E-state index < -0.39 is 0 Å². The summed E-state index contributed by atoms with van der Waals surface area (Å²) in [5, 5.41) is 11.6. The van der Waals surface area contributed by atoms with Crippen LogP contribution in [-0.2, 0) is 13.0 Å². The molecule has 2 N–H and O–H groups in total. The molecule has 2 heterocycles. The lowest BCUT2D eigenvalue weighted by molar-refractivity contribution is 0.363. The van der Waals surface area contributed by atoms with Gasteiger partial charge in [-0.05, 0) is 24.7 Å². The Kier molecular flexibility index (Phi) is 6.24. The molecule has 0 saturated heterocycles. The Morgan fingerprint density at radius 3 is 2.75 bits per heavy atom. The number of nitrogens with zero attached hydrogens (tertiary/aromatic N) is 4. The van der Waals surface area contributed by atoms with E-state index >= 15 is 0 Å². The maximum absolute atomic E-state index is 4.65. The fourth-order valence-corrected chi connectivity index (χ4v) is 2.90. The van der Waals surface area contributed by atoms with Crippen molar-refractivity contribution in [2.75, 3.05) is 13.6 Å². The van der Waals surface area contributed by atoms with Crippen molar-refractivity contribution in [3.8, 4) is 0 Å². The molecule has 0 aliphatic carbocycles. The molecule has 0 amide bonds. The quantitative estimate of drug-likeness (QED) is 0.493. The normalized spacial score (nSPS) is 18.6. The third-order valence-electron chi connectivity index (χ3n) is 4.35. The Bertz CT molecular complexity index is 552. The largest absolute Gasteiger partial charge is 0.356 e. The van der Waals surface area contributed by atoms with Gasteiger partial charge in [-0.3, -0.25) is 4.99 Å². The van der Waals surface area contributed by atoms with Crippen LogP contribution in [0.25, 0.3) is 0 Å². The van der Waals surface area contributed by atoms with E-state index in [2.05, 4.69) is 65.0 Å². The van der Waals surface area contributed by atoms with Crippen molar-refractivity contribution in [1.29, 1.82) is 0 Å². The first kappa shape index (κ1) is 18.7. The van der Waals surface area contributed by atoms with Crippen LogP contribution in [0.15, 0.2) is 4.99 Å². The van der Waals surface area contributed by atoms with Crippen LogP contribution >= 0.6 is 0 Å². The number of hydrogen-bond donors (Lipinski definition) is 2. The molecule has 1 atom stereocenters.